The van der Waals surface area contributed by atoms with Crippen molar-refractivity contribution in [2.45, 2.75) is 5.75 Å². The zero-order chi connectivity index (χ0) is 18.5. The van der Waals surface area contributed by atoms with Gasteiger partial charge in [0.25, 0.3) is 0 Å². The molecule has 2 heterocycles. The quantitative estimate of drug-likeness (QED) is 0.693. The van der Waals surface area contributed by atoms with Gasteiger partial charge in [-0.25, -0.2) is 4.98 Å². The summed E-state index contributed by atoms with van der Waals surface area (Å²) in [6.07, 6.45) is 1.59. The van der Waals surface area contributed by atoms with Crippen molar-refractivity contribution < 1.29 is 4.79 Å². The van der Waals surface area contributed by atoms with Crippen LogP contribution in [0.5, 0.6) is 0 Å². The Balaban J connectivity index is 1.46. The van der Waals surface area contributed by atoms with Crippen LogP contribution in [0, 0.1) is 0 Å². The molecule has 0 radical (unpaired) electrons. The van der Waals surface area contributed by atoms with E-state index in [2.05, 4.69) is 9.88 Å². The number of thioether (sulfide) groups is 1. The summed E-state index contributed by atoms with van der Waals surface area (Å²) in [6.45, 7) is 2.74. The van der Waals surface area contributed by atoms with Gasteiger partial charge in [0, 0.05) is 43.2 Å². The summed E-state index contributed by atoms with van der Waals surface area (Å²) < 4.78 is 0. The standard InChI is InChI=1S/C18H18Cl3N3OS/c19-14-3-1-2-13(8-14)11-26-12-17(25)23-4-6-24(7-5-23)18-16(21)9-15(20)10-22-18/h1-3,8-10H,4-7,11-12H2. The maximum atomic E-state index is 12.4. The monoisotopic (exact) mass is 429 g/mol. The van der Waals surface area contributed by atoms with Gasteiger partial charge in [-0.2, -0.15) is 0 Å². The number of rotatable bonds is 5. The second kappa shape index (κ2) is 9.18. The molecule has 0 N–H and O–H groups in total. The van der Waals surface area contributed by atoms with E-state index in [0.29, 0.717) is 42.0 Å². The average Bonchev–Trinajstić information content (AvgIpc) is 2.62. The lowest BCUT2D eigenvalue weighted by Gasteiger charge is -2.35. The molecule has 1 aliphatic heterocycles. The number of pyridine rings is 1. The number of aromatic nitrogens is 1. The summed E-state index contributed by atoms with van der Waals surface area (Å²) in [7, 11) is 0. The molecule has 1 amide bonds. The van der Waals surface area contributed by atoms with E-state index in [4.69, 9.17) is 34.8 Å². The zero-order valence-electron chi connectivity index (χ0n) is 14.0. The Bertz CT molecular complexity index is 782. The lowest BCUT2D eigenvalue weighted by atomic mass is 10.2. The highest BCUT2D eigenvalue weighted by atomic mass is 35.5. The number of hydrogen-bond acceptors (Lipinski definition) is 4. The Morgan fingerprint density at radius 2 is 1.85 bits per heavy atom. The van der Waals surface area contributed by atoms with Crippen molar-refractivity contribution in [3.63, 3.8) is 0 Å². The van der Waals surface area contributed by atoms with Crippen LogP contribution in [0.15, 0.2) is 36.5 Å². The van der Waals surface area contributed by atoms with E-state index in [9.17, 15) is 4.79 Å². The van der Waals surface area contributed by atoms with Crippen LogP contribution in [-0.4, -0.2) is 47.7 Å². The summed E-state index contributed by atoms with van der Waals surface area (Å²) in [5, 5.41) is 1.78. The molecule has 8 heteroatoms. The van der Waals surface area contributed by atoms with Crippen LogP contribution < -0.4 is 4.90 Å². The molecule has 2 aromatic rings. The molecule has 26 heavy (non-hydrogen) atoms. The smallest absolute Gasteiger partial charge is 0.232 e. The molecule has 0 aliphatic carbocycles. The van der Waals surface area contributed by atoms with Crippen LogP contribution in [0.25, 0.3) is 0 Å². The summed E-state index contributed by atoms with van der Waals surface area (Å²) >= 11 is 19.7. The van der Waals surface area contributed by atoms with Gasteiger partial charge in [0.15, 0.2) is 0 Å². The van der Waals surface area contributed by atoms with Crippen molar-refractivity contribution in [3.8, 4) is 0 Å². The summed E-state index contributed by atoms with van der Waals surface area (Å²) in [6, 6.07) is 9.42. The van der Waals surface area contributed by atoms with Crippen LogP contribution in [0.4, 0.5) is 5.82 Å². The van der Waals surface area contributed by atoms with Gasteiger partial charge in [-0.3, -0.25) is 4.79 Å². The summed E-state index contributed by atoms with van der Waals surface area (Å²) in [5.41, 5.74) is 1.13. The molecule has 0 spiro atoms. The van der Waals surface area contributed by atoms with E-state index < -0.39 is 0 Å². The van der Waals surface area contributed by atoms with E-state index >= 15 is 0 Å². The Morgan fingerprint density at radius 1 is 1.08 bits per heavy atom. The van der Waals surface area contributed by atoms with Crippen LogP contribution in [0.2, 0.25) is 15.1 Å². The molecular formula is C18H18Cl3N3OS. The molecule has 3 rings (SSSR count). The van der Waals surface area contributed by atoms with E-state index in [0.717, 1.165) is 22.2 Å². The molecule has 1 fully saturated rings. The largest absolute Gasteiger partial charge is 0.352 e. The predicted molar refractivity (Wildman–Crippen MR) is 111 cm³/mol. The molecular weight excluding hydrogens is 413 g/mol. The number of anilines is 1. The summed E-state index contributed by atoms with van der Waals surface area (Å²) in [4.78, 5) is 20.7. The molecule has 4 nitrogen and oxygen atoms in total. The second-order valence-electron chi connectivity index (χ2n) is 5.95. The number of halogens is 3. The lowest BCUT2D eigenvalue weighted by molar-refractivity contribution is -0.128. The highest BCUT2D eigenvalue weighted by Gasteiger charge is 2.23. The van der Waals surface area contributed by atoms with Crippen molar-refractivity contribution in [1.82, 2.24) is 9.88 Å². The van der Waals surface area contributed by atoms with Crippen LogP contribution in [0.3, 0.4) is 0 Å². The molecule has 138 valence electrons. The van der Waals surface area contributed by atoms with Crippen molar-refractivity contribution >= 4 is 58.3 Å². The number of piperazine rings is 1. The second-order valence-corrected chi connectivity index (χ2v) is 8.22. The number of carbonyl (C=O) groups is 1. The van der Waals surface area contributed by atoms with Gasteiger partial charge < -0.3 is 9.80 Å². The molecule has 0 atom stereocenters. The van der Waals surface area contributed by atoms with Gasteiger partial charge >= 0.3 is 0 Å². The van der Waals surface area contributed by atoms with E-state index in [-0.39, 0.29) is 5.91 Å². The van der Waals surface area contributed by atoms with Gasteiger partial charge in [0.2, 0.25) is 5.91 Å². The van der Waals surface area contributed by atoms with Crippen molar-refractivity contribution in [2.75, 3.05) is 36.8 Å². The van der Waals surface area contributed by atoms with Crippen LogP contribution in [0.1, 0.15) is 5.56 Å². The Morgan fingerprint density at radius 3 is 2.54 bits per heavy atom. The predicted octanol–water partition coefficient (Wildman–Crippen LogP) is 4.62. The minimum absolute atomic E-state index is 0.159. The molecule has 1 saturated heterocycles. The lowest BCUT2D eigenvalue weighted by Crippen LogP contribution is -2.49. The van der Waals surface area contributed by atoms with Gasteiger partial charge in [-0.15, -0.1) is 11.8 Å². The number of carbonyl (C=O) groups excluding carboxylic acids is 1. The van der Waals surface area contributed by atoms with Gasteiger partial charge in [0.05, 0.1) is 15.8 Å². The molecule has 1 aromatic carbocycles. The molecule has 0 saturated carbocycles. The Kier molecular flexibility index (Phi) is 6.92. The van der Waals surface area contributed by atoms with E-state index in [1.807, 2.05) is 29.2 Å². The maximum Gasteiger partial charge on any atom is 0.232 e. The van der Waals surface area contributed by atoms with Gasteiger partial charge in [-0.05, 0) is 23.8 Å². The molecule has 0 unspecified atom stereocenters. The third kappa shape index (κ3) is 5.19. The minimum Gasteiger partial charge on any atom is -0.352 e. The Labute approximate surface area is 172 Å². The number of benzene rings is 1. The van der Waals surface area contributed by atoms with Crippen LogP contribution >= 0.6 is 46.6 Å². The molecule has 1 aromatic heterocycles. The first kappa shape index (κ1) is 19.6. The fraction of sp³-hybridized carbons (Fsp3) is 0.333. The highest BCUT2D eigenvalue weighted by molar-refractivity contribution is 7.99. The Hall–Kier alpha value is -1.14. The third-order valence-corrected chi connectivity index (χ3v) is 5.81. The molecule has 0 bridgehead atoms. The fourth-order valence-corrected chi connectivity index (χ4v) is 4.37. The van der Waals surface area contributed by atoms with E-state index in [1.54, 1.807) is 24.0 Å². The topological polar surface area (TPSA) is 36.4 Å². The van der Waals surface area contributed by atoms with E-state index in [1.165, 1.54) is 0 Å². The minimum atomic E-state index is 0.159. The van der Waals surface area contributed by atoms with Crippen molar-refractivity contribution in [1.29, 1.82) is 0 Å². The average molecular weight is 431 g/mol. The molecule has 1 aliphatic rings. The van der Waals surface area contributed by atoms with Crippen molar-refractivity contribution in [3.05, 3.63) is 57.2 Å². The summed E-state index contributed by atoms with van der Waals surface area (Å²) in [5.74, 6) is 2.12. The van der Waals surface area contributed by atoms with Crippen LogP contribution in [-0.2, 0) is 10.5 Å². The SMILES string of the molecule is O=C(CSCc1cccc(Cl)c1)N1CCN(c2ncc(Cl)cc2Cl)CC1. The third-order valence-electron chi connectivity index (χ3n) is 4.10. The number of nitrogens with zero attached hydrogens (tertiary/aromatic N) is 3. The van der Waals surface area contributed by atoms with Gasteiger partial charge in [0.1, 0.15) is 5.82 Å². The fourth-order valence-electron chi connectivity index (χ4n) is 2.78. The number of amides is 1. The zero-order valence-corrected chi connectivity index (χ0v) is 17.1. The maximum absolute atomic E-state index is 12.4. The number of hydrogen-bond donors (Lipinski definition) is 0. The first-order chi connectivity index (χ1) is 12.5. The van der Waals surface area contributed by atoms with Gasteiger partial charge in [-0.1, -0.05) is 46.9 Å². The first-order valence-electron chi connectivity index (χ1n) is 8.19. The normalized spacial score (nSPS) is 14.6. The first-order valence-corrected chi connectivity index (χ1v) is 10.5. The highest BCUT2D eigenvalue weighted by Crippen LogP contribution is 2.27. The van der Waals surface area contributed by atoms with Crippen molar-refractivity contribution in [2.24, 2.45) is 0 Å².